The molecule has 0 spiro atoms. The summed E-state index contributed by atoms with van der Waals surface area (Å²) in [5.41, 5.74) is 2.52. The van der Waals surface area contributed by atoms with Crippen LogP contribution in [0.25, 0.3) is 0 Å². The molecule has 5 N–H and O–H groups in total. The van der Waals surface area contributed by atoms with Crippen LogP contribution in [-0.2, 0) is 16.1 Å². The lowest BCUT2D eigenvalue weighted by molar-refractivity contribution is -0.136. The number of piperidine rings is 1. The van der Waals surface area contributed by atoms with Gasteiger partial charge in [-0.2, -0.15) is 0 Å². The van der Waals surface area contributed by atoms with Crippen LogP contribution in [0.5, 0.6) is 0 Å². The number of benzene rings is 2. The number of hydrogen-bond donors (Lipinski definition) is 5. The van der Waals surface area contributed by atoms with Crippen molar-refractivity contribution in [3.05, 3.63) is 64.7 Å². The summed E-state index contributed by atoms with van der Waals surface area (Å²) in [6, 6.07) is 11.0. The van der Waals surface area contributed by atoms with Crippen molar-refractivity contribution in [2.75, 3.05) is 18.4 Å². The molecular formula is C30H35N5O7. The molecule has 1 fully saturated rings. The Labute approximate surface area is 243 Å². The molecule has 0 radical (unpaired) electrons. The monoisotopic (exact) mass is 577 g/mol. The second-order valence-corrected chi connectivity index (χ2v) is 10.4. The van der Waals surface area contributed by atoms with Crippen LogP contribution in [0.4, 0.5) is 10.5 Å². The summed E-state index contributed by atoms with van der Waals surface area (Å²) in [7, 11) is 0. The second-order valence-electron chi connectivity index (χ2n) is 10.4. The topological polar surface area (TPSA) is 174 Å². The van der Waals surface area contributed by atoms with E-state index in [0.29, 0.717) is 30.9 Å². The largest absolute Gasteiger partial charge is 0.465 e. The van der Waals surface area contributed by atoms with Gasteiger partial charge in [-0.1, -0.05) is 37.8 Å². The third kappa shape index (κ3) is 7.71. The van der Waals surface area contributed by atoms with Crippen molar-refractivity contribution in [2.24, 2.45) is 0 Å². The Balaban J connectivity index is 1.19. The third-order valence-electron chi connectivity index (χ3n) is 7.32. The minimum Gasteiger partial charge on any atom is -0.465 e. The number of carbonyl (C=O) groups is 6. The highest BCUT2D eigenvalue weighted by atomic mass is 16.4. The summed E-state index contributed by atoms with van der Waals surface area (Å²) in [5, 5.41) is 19.2. The van der Waals surface area contributed by atoms with E-state index in [1.165, 1.54) is 0 Å². The zero-order chi connectivity index (χ0) is 30.1. The van der Waals surface area contributed by atoms with Crippen LogP contribution in [0.15, 0.2) is 42.5 Å². The molecule has 2 aliphatic rings. The van der Waals surface area contributed by atoms with Crippen molar-refractivity contribution in [1.82, 2.24) is 20.9 Å². The Morgan fingerprint density at radius 3 is 2.14 bits per heavy atom. The molecule has 0 aliphatic carbocycles. The number of carboxylic acid groups (broad SMARTS) is 1. The Bertz CT molecular complexity index is 1360. The molecule has 12 nitrogen and oxygen atoms in total. The summed E-state index contributed by atoms with van der Waals surface area (Å²) in [6.45, 7) is 1.49. The van der Waals surface area contributed by atoms with Crippen LogP contribution in [0.2, 0.25) is 0 Å². The van der Waals surface area contributed by atoms with Crippen molar-refractivity contribution in [2.45, 2.75) is 64.0 Å². The highest BCUT2D eigenvalue weighted by Crippen LogP contribution is 2.29. The number of amides is 6. The molecule has 0 saturated carbocycles. The summed E-state index contributed by atoms with van der Waals surface area (Å²) >= 11 is 0. The Hall–Kier alpha value is -4.74. The number of nitrogens with zero attached hydrogens (tertiary/aromatic N) is 1. The molecule has 2 aliphatic heterocycles. The minimum absolute atomic E-state index is 0.0649. The third-order valence-corrected chi connectivity index (χ3v) is 7.32. The quantitative estimate of drug-likeness (QED) is 0.168. The molecule has 1 saturated heterocycles. The second kappa shape index (κ2) is 14.2. The van der Waals surface area contributed by atoms with E-state index in [-0.39, 0.29) is 29.9 Å². The minimum atomic E-state index is -1.01. The van der Waals surface area contributed by atoms with Crippen LogP contribution in [0.1, 0.15) is 88.0 Å². The molecular weight excluding hydrogens is 542 g/mol. The number of unbranched alkanes of at least 4 members (excludes halogenated alkanes) is 5. The fraction of sp³-hybridized carbons (Fsp3) is 0.400. The maximum atomic E-state index is 13.0. The molecule has 2 aromatic carbocycles. The summed E-state index contributed by atoms with van der Waals surface area (Å²) < 4.78 is 0. The number of carbonyl (C=O) groups excluding carboxylic acids is 5. The van der Waals surface area contributed by atoms with E-state index in [1.807, 2.05) is 12.1 Å². The van der Waals surface area contributed by atoms with Gasteiger partial charge in [0.25, 0.3) is 17.7 Å². The van der Waals surface area contributed by atoms with E-state index in [2.05, 4.69) is 21.3 Å². The zero-order valence-electron chi connectivity index (χ0n) is 23.2. The molecule has 0 aromatic heterocycles. The number of imide groups is 2. The Morgan fingerprint density at radius 2 is 1.48 bits per heavy atom. The van der Waals surface area contributed by atoms with Gasteiger partial charge in [0.15, 0.2) is 0 Å². The predicted octanol–water partition coefficient (Wildman–Crippen LogP) is 3.04. The van der Waals surface area contributed by atoms with Gasteiger partial charge in [-0.25, -0.2) is 4.79 Å². The fourth-order valence-electron chi connectivity index (χ4n) is 5.02. The van der Waals surface area contributed by atoms with Crippen LogP contribution >= 0.6 is 0 Å². The van der Waals surface area contributed by atoms with Crippen molar-refractivity contribution in [1.29, 1.82) is 0 Å². The van der Waals surface area contributed by atoms with Gasteiger partial charge in [0, 0.05) is 37.3 Å². The first-order valence-corrected chi connectivity index (χ1v) is 14.2. The van der Waals surface area contributed by atoms with E-state index < -0.39 is 35.8 Å². The smallest absolute Gasteiger partial charge is 0.404 e. The van der Waals surface area contributed by atoms with Crippen molar-refractivity contribution in [3.8, 4) is 0 Å². The fourth-order valence-corrected chi connectivity index (χ4v) is 5.02. The molecule has 1 atom stereocenters. The van der Waals surface area contributed by atoms with Crippen molar-refractivity contribution < 1.29 is 33.9 Å². The molecule has 42 heavy (non-hydrogen) atoms. The van der Waals surface area contributed by atoms with Crippen LogP contribution in [0.3, 0.4) is 0 Å². The highest BCUT2D eigenvalue weighted by molar-refractivity contribution is 6.23. The highest BCUT2D eigenvalue weighted by Gasteiger charge is 2.44. The van der Waals surface area contributed by atoms with Gasteiger partial charge >= 0.3 is 6.09 Å². The number of nitrogens with one attached hydrogen (secondary N) is 4. The molecule has 2 aromatic rings. The number of rotatable bonds is 14. The maximum absolute atomic E-state index is 13.0. The Kier molecular flexibility index (Phi) is 10.2. The predicted molar refractivity (Wildman–Crippen MR) is 153 cm³/mol. The number of hydrogen-bond acceptors (Lipinski definition) is 7. The van der Waals surface area contributed by atoms with Crippen LogP contribution in [0, 0.1) is 0 Å². The van der Waals surface area contributed by atoms with Gasteiger partial charge < -0.3 is 21.1 Å². The summed E-state index contributed by atoms with van der Waals surface area (Å²) in [5.74, 6) is -2.32. The average molecular weight is 578 g/mol. The van der Waals surface area contributed by atoms with Crippen molar-refractivity contribution >= 4 is 41.3 Å². The molecule has 12 heteroatoms. The van der Waals surface area contributed by atoms with E-state index >= 15 is 0 Å². The van der Waals surface area contributed by atoms with Crippen LogP contribution < -0.4 is 21.3 Å². The van der Waals surface area contributed by atoms with Gasteiger partial charge in [0.2, 0.25) is 11.8 Å². The van der Waals surface area contributed by atoms with Gasteiger partial charge in [-0.3, -0.25) is 34.2 Å². The lowest BCUT2D eigenvalue weighted by Crippen LogP contribution is -2.54. The van der Waals surface area contributed by atoms with E-state index in [9.17, 15) is 28.8 Å². The summed E-state index contributed by atoms with van der Waals surface area (Å²) in [4.78, 5) is 73.3. The first-order valence-electron chi connectivity index (χ1n) is 14.2. The lowest BCUT2D eigenvalue weighted by atomic mass is 10.0. The first-order chi connectivity index (χ1) is 20.2. The molecule has 4 rings (SSSR count). The van der Waals surface area contributed by atoms with E-state index in [4.69, 9.17) is 5.11 Å². The molecule has 2 heterocycles. The molecule has 1 unspecified atom stereocenters. The number of fused-ring (bicyclic) bond motifs is 1. The van der Waals surface area contributed by atoms with Crippen molar-refractivity contribution in [3.63, 3.8) is 0 Å². The summed E-state index contributed by atoms with van der Waals surface area (Å²) in [6.07, 6.45) is 4.92. The average Bonchev–Trinajstić information content (AvgIpc) is 3.21. The van der Waals surface area contributed by atoms with Gasteiger partial charge in [0.05, 0.1) is 11.1 Å². The standard InChI is InChI=1S/C30H35N5O7/c36-25-14-13-24(27(38)34-25)35-28(39)22-12-11-21(17-23(22)29(35)40)33-18-19-7-9-20(10-8-19)26(37)31-15-5-3-1-2-4-6-16-32-30(41)42/h7-12,17,24,32-33H,1-6,13-16,18H2,(H,31,37)(H,41,42)(H,34,36,38). The molecule has 6 amide bonds. The SMILES string of the molecule is O=C(O)NCCCCCCCCNC(=O)c1ccc(CNc2ccc3c(c2)C(=O)N(C2CCC(=O)NC2=O)C3=O)cc1. The zero-order valence-corrected chi connectivity index (χ0v) is 23.2. The van der Waals surface area contributed by atoms with Gasteiger partial charge in [-0.15, -0.1) is 0 Å². The lowest BCUT2D eigenvalue weighted by Gasteiger charge is -2.27. The van der Waals surface area contributed by atoms with Gasteiger partial charge in [0.1, 0.15) is 6.04 Å². The normalized spacial score (nSPS) is 16.2. The van der Waals surface area contributed by atoms with E-state index in [1.54, 1.807) is 30.3 Å². The molecule has 222 valence electrons. The van der Waals surface area contributed by atoms with E-state index in [0.717, 1.165) is 49.0 Å². The Morgan fingerprint density at radius 1 is 0.833 bits per heavy atom. The maximum Gasteiger partial charge on any atom is 0.404 e. The van der Waals surface area contributed by atoms with Gasteiger partial charge in [-0.05, 0) is 55.2 Å². The molecule has 0 bridgehead atoms. The number of anilines is 1. The first kappa shape index (κ1) is 30.2. The van der Waals surface area contributed by atoms with Crippen LogP contribution in [-0.4, -0.2) is 64.8 Å².